The molecule has 1 heterocycles. The third-order valence-corrected chi connectivity index (χ3v) is 4.32. The Balaban J connectivity index is 3.17. The molecule has 0 fully saturated rings. The molecule has 0 aromatic rings. The van der Waals surface area contributed by atoms with Crippen LogP contribution in [0.15, 0.2) is 16.6 Å². The van der Waals surface area contributed by atoms with Crippen molar-refractivity contribution in [1.82, 2.24) is 0 Å². The lowest BCUT2D eigenvalue weighted by Gasteiger charge is -2.37. The number of hydrogen-bond acceptors (Lipinski definition) is 6. The smallest absolute Gasteiger partial charge is 0.259 e. The summed E-state index contributed by atoms with van der Waals surface area (Å²) in [4.78, 5) is 13.6. The van der Waals surface area contributed by atoms with Crippen molar-refractivity contribution in [2.75, 3.05) is 13.3 Å². The molecular formula is C11H22N3O6P. The van der Waals surface area contributed by atoms with Gasteiger partial charge in [-0.3, -0.25) is 4.57 Å². The Morgan fingerprint density at radius 3 is 2.52 bits per heavy atom. The summed E-state index contributed by atoms with van der Waals surface area (Å²) in [5.41, 5.74) is 10.4. The van der Waals surface area contributed by atoms with E-state index in [1.54, 1.807) is 6.92 Å². The molecule has 8 N–H and O–H groups in total. The molecule has 0 bridgehead atoms. The number of nitrogens with zero attached hydrogens (tertiary/aromatic N) is 1. The maximum absolute atomic E-state index is 11.8. The van der Waals surface area contributed by atoms with Crippen LogP contribution < -0.4 is 11.5 Å². The first kappa shape index (κ1) is 17.9. The van der Waals surface area contributed by atoms with Crippen LogP contribution in [0.4, 0.5) is 0 Å². The lowest BCUT2D eigenvalue weighted by Crippen LogP contribution is -2.49. The zero-order valence-corrected chi connectivity index (χ0v) is 12.7. The number of aliphatic hydroxyl groups excluding tert-OH is 3. The van der Waals surface area contributed by atoms with Crippen molar-refractivity contribution in [1.29, 1.82) is 0 Å². The number of ether oxygens (including phenoxy) is 1. The van der Waals surface area contributed by atoms with Crippen molar-refractivity contribution in [3.63, 3.8) is 0 Å². The normalized spacial score (nSPS) is 31.3. The third kappa shape index (κ3) is 4.42. The van der Waals surface area contributed by atoms with Crippen LogP contribution in [0.5, 0.6) is 0 Å². The van der Waals surface area contributed by atoms with Gasteiger partial charge >= 0.3 is 0 Å². The maximum atomic E-state index is 11.8. The highest BCUT2D eigenvalue weighted by molar-refractivity contribution is 7.61. The van der Waals surface area contributed by atoms with E-state index in [4.69, 9.17) is 21.3 Å². The van der Waals surface area contributed by atoms with Gasteiger partial charge in [0.25, 0.3) is 7.37 Å². The van der Waals surface area contributed by atoms with Crippen molar-refractivity contribution in [2.45, 2.75) is 31.3 Å². The van der Waals surface area contributed by atoms with Gasteiger partial charge in [-0.1, -0.05) is 6.92 Å². The highest BCUT2D eigenvalue weighted by atomic mass is 31.2. The first-order chi connectivity index (χ1) is 9.57. The van der Waals surface area contributed by atoms with Gasteiger partial charge in [-0.05, 0) is 6.08 Å². The van der Waals surface area contributed by atoms with Crippen LogP contribution in [0.25, 0.3) is 0 Å². The molecule has 0 aromatic carbocycles. The first-order valence-electron chi connectivity index (χ1n) is 6.33. The molecule has 1 unspecified atom stereocenters. The molecule has 10 heteroatoms. The maximum Gasteiger partial charge on any atom is 0.259 e. The Morgan fingerprint density at radius 1 is 1.52 bits per heavy atom. The largest absolute Gasteiger partial charge is 0.481 e. The molecule has 1 aliphatic rings. The van der Waals surface area contributed by atoms with Gasteiger partial charge < -0.3 is 36.4 Å². The Labute approximate surface area is 122 Å². The van der Waals surface area contributed by atoms with Gasteiger partial charge in [0.1, 0.15) is 18.3 Å². The molecule has 0 spiro atoms. The average Bonchev–Trinajstić information content (AvgIpc) is 2.37. The zero-order chi connectivity index (χ0) is 16.4. The molecule has 6 atom stereocenters. The first-order valence-corrected chi connectivity index (χ1v) is 8.43. The molecule has 1 aliphatic heterocycles. The Hall–Kier alpha value is -1.12. The van der Waals surface area contributed by atoms with Crippen molar-refractivity contribution in [2.24, 2.45) is 22.4 Å². The standard InChI is InChI=1S/C11H22N3O6P/c1-5-6(14-11(12)13)3-8(21(2,18)19)20-10(5)9(17)7(16)4-15/h3,5-7,9-10,15-17H,4H2,1-2H3,(H,18,19)(H4,12,13,14)/t5-,6+,7-,9-,10-/m1/s1. The SMILES string of the molecule is C[C@H]1[C@H]([C@H](O)[C@H](O)CO)OC(P(C)(=O)O)=C[C@@H]1N=C(N)N. The number of aliphatic hydroxyl groups is 3. The van der Waals surface area contributed by atoms with E-state index in [0.717, 1.165) is 6.66 Å². The predicted molar refractivity (Wildman–Crippen MR) is 76.6 cm³/mol. The minimum atomic E-state index is -3.73. The van der Waals surface area contributed by atoms with Gasteiger partial charge in [0, 0.05) is 12.6 Å². The van der Waals surface area contributed by atoms with Crippen LogP contribution in [-0.4, -0.2) is 63.8 Å². The van der Waals surface area contributed by atoms with Gasteiger partial charge in [-0.2, -0.15) is 0 Å². The number of aliphatic imine (C=N–C) groups is 1. The van der Waals surface area contributed by atoms with Crippen molar-refractivity contribution in [3.8, 4) is 0 Å². The topological polar surface area (TPSA) is 172 Å². The molecule has 0 saturated carbocycles. The van der Waals surface area contributed by atoms with Crippen LogP contribution in [0, 0.1) is 5.92 Å². The fourth-order valence-corrected chi connectivity index (χ4v) is 2.80. The molecule has 0 aromatic heterocycles. The van der Waals surface area contributed by atoms with Gasteiger partial charge in [-0.15, -0.1) is 0 Å². The summed E-state index contributed by atoms with van der Waals surface area (Å²) in [5.74, 6) is -0.706. The van der Waals surface area contributed by atoms with Gasteiger partial charge in [-0.25, -0.2) is 4.99 Å². The van der Waals surface area contributed by atoms with E-state index in [1.807, 2.05) is 0 Å². The monoisotopic (exact) mass is 323 g/mol. The summed E-state index contributed by atoms with van der Waals surface area (Å²) in [6, 6.07) is -0.690. The fourth-order valence-electron chi connectivity index (χ4n) is 2.05. The molecular weight excluding hydrogens is 301 g/mol. The Bertz CT molecular complexity index is 473. The van der Waals surface area contributed by atoms with Crippen LogP contribution >= 0.6 is 7.37 Å². The molecule has 0 saturated heterocycles. The highest BCUT2D eigenvalue weighted by Crippen LogP contribution is 2.50. The zero-order valence-electron chi connectivity index (χ0n) is 11.8. The second kappa shape index (κ2) is 6.76. The summed E-state index contributed by atoms with van der Waals surface area (Å²) >= 11 is 0. The molecule has 0 radical (unpaired) electrons. The number of nitrogens with two attached hydrogens (primary N) is 2. The molecule has 122 valence electrons. The molecule has 9 nitrogen and oxygen atoms in total. The average molecular weight is 323 g/mol. The number of rotatable bonds is 5. The summed E-state index contributed by atoms with van der Waals surface area (Å²) in [7, 11) is -3.73. The lowest BCUT2D eigenvalue weighted by atomic mass is 9.89. The van der Waals surface area contributed by atoms with E-state index in [2.05, 4.69) is 4.99 Å². The van der Waals surface area contributed by atoms with Crippen LogP contribution in [-0.2, 0) is 9.30 Å². The predicted octanol–water partition coefficient (Wildman–Crippen LogP) is -1.88. The molecule has 21 heavy (non-hydrogen) atoms. The van der Waals surface area contributed by atoms with E-state index in [-0.39, 0.29) is 11.5 Å². The number of hydrogen-bond donors (Lipinski definition) is 6. The van der Waals surface area contributed by atoms with Gasteiger partial charge in [0.2, 0.25) is 0 Å². The van der Waals surface area contributed by atoms with Crippen LogP contribution in [0.3, 0.4) is 0 Å². The number of guanidine groups is 1. The fraction of sp³-hybridized carbons (Fsp3) is 0.727. The summed E-state index contributed by atoms with van der Waals surface area (Å²) in [6.45, 7) is 2.05. The summed E-state index contributed by atoms with van der Waals surface area (Å²) in [5, 5.41) is 28.4. The third-order valence-electron chi connectivity index (χ3n) is 3.25. The quantitative estimate of drug-likeness (QED) is 0.194. The van der Waals surface area contributed by atoms with E-state index in [0.29, 0.717) is 0 Å². The van der Waals surface area contributed by atoms with Gasteiger partial charge in [0.15, 0.2) is 11.5 Å². The Kier molecular flexibility index (Phi) is 5.77. The van der Waals surface area contributed by atoms with E-state index in [9.17, 15) is 19.7 Å². The second-order valence-corrected chi connectivity index (χ2v) is 7.31. The van der Waals surface area contributed by atoms with Crippen molar-refractivity contribution >= 4 is 13.3 Å². The van der Waals surface area contributed by atoms with Crippen molar-refractivity contribution < 1.29 is 29.5 Å². The minimum Gasteiger partial charge on any atom is -0.481 e. The molecule has 1 rings (SSSR count). The summed E-state index contributed by atoms with van der Waals surface area (Å²) in [6.07, 6.45) is -2.64. The molecule has 0 amide bonds. The second-order valence-electron chi connectivity index (χ2n) is 5.11. The van der Waals surface area contributed by atoms with E-state index < -0.39 is 44.2 Å². The van der Waals surface area contributed by atoms with Crippen LogP contribution in [0.2, 0.25) is 0 Å². The Morgan fingerprint density at radius 2 is 2.10 bits per heavy atom. The summed E-state index contributed by atoms with van der Waals surface area (Å²) < 4.78 is 17.1. The molecule has 0 aliphatic carbocycles. The van der Waals surface area contributed by atoms with Crippen molar-refractivity contribution in [3.05, 3.63) is 11.6 Å². The van der Waals surface area contributed by atoms with E-state index in [1.165, 1.54) is 6.08 Å². The highest BCUT2D eigenvalue weighted by Gasteiger charge is 2.42. The van der Waals surface area contributed by atoms with E-state index >= 15 is 0 Å². The van der Waals surface area contributed by atoms with Gasteiger partial charge in [0.05, 0.1) is 12.6 Å². The van der Waals surface area contributed by atoms with Crippen LogP contribution in [0.1, 0.15) is 6.92 Å². The lowest BCUT2D eigenvalue weighted by molar-refractivity contribution is -0.105. The minimum absolute atomic E-state index is 0.218.